The van der Waals surface area contributed by atoms with Crippen molar-refractivity contribution in [2.45, 2.75) is 18.9 Å². The Bertz CT molecular complexity index is 457. The quantitative estimate of drug-likeness (QED) is 0.655. The Morgan fingerprint density at radius 1 is 1.38 bits per heavy atom. The molecule has 1 aliphatic rings. The molecule has 0 aromatic heterocycles. The summed E-state index contributed by atoms with van der Waals surface area (Å²) in [6, 6.07) is 4.50. The number of benzene rings is 1. The van der Waals surface area contributed by atoms with E-state index in [1.54, 1.807) is 12.1 Å². The van der Waals surface area contributed by atoms with Crippen molar-refractivity contribution in [2.24, 2.45) is 11.5 Å². The molecule has 84 valence electrons. The summed E-state index contributed by atoms with van der Waals surface area (Å²) in [6.07, 6.45) is 1.13. The van der Waals surface area contributed by atoms with Crippen LogP contribution in [0, 0.1) is 0 Å². The van der Waals surface area contributed by atoms with Gasteiger partial charge in [-0.25, -0.2) is 0 Å². The second-order valence-corrected chi connectivity index (χ2v) is 3.84. The summed E-state index contributed by atoms with van der Waals surface area (Å²) in [5.74, 6) is -0.542. The van der Waals surface area contributed by atoms with E-state index in [4.69, 9.17) is 11.5 Å². The number of nitrogens with one attached hydrogen (secondary N) is 1. The van der Waals surface area contributed by atoms with Gasteiger partial charge in [-0.15, -0.1) is 0 Å². The molecule has 1 atom stereocenters. The molecule has 5 heteroatoms. The molecular weight excluding hydrogens is 206 g/mol. The molecule has 0 spiro atoms. The number of anilines is 1. The first-order valence-electron chi connectivity index (χ1n) is 5.05. The Hall–Kier alpha value is -1.88. The van der Waals surface area contributed by atoms with E-state index in [9.17, 15) is 9.59 Å². The standard InChI is InChI=1S/C11H13N3O2/c12-10(11(13)16)7-1-3-8-6(5-7)2-4-9(15)14-8/h1,3,5,10H,2,4,12H2,(H2,13,16)(H,14,15). The molecule has 0 aliphatic carbocycles. The summed E-state index contributed by atoms with van der Waals surface area (Å²) in [6.45, 7) is 0. The second kappa shape index (κ2) is 3.94. The van der Waals surface area contributed by atoms with Gasteiger partial charge in [-0.3, -0.25) is 9.59 Å². The first-order chi connectivity index (χ1) is 7.58. The molecule has 0 radical (unpaired) electrons. The smallest absolute Gasteiger partial charge is 0.238 e. The van der Waals surface area contributed by atoms with Crippen molar-refractivity contribution >= 4 is 17.5 Å². The number of rotatable bonds is 2. The average Bonchev–Trinajstić information content (AvgIpc) is 2.27. The average molecular weight is 219 g/mol. The monoisotopic (exact) mass is 219 g/mol. The van der Waals surface area contributed by atoms with Gasteiger partial charge in [-0.1, -0.05) is 12.1 Å². The zero-order valence-electron chi connectivity index (χ0n) is 8.69. The van der Waals surface area contributed by atoms with Crippen molar-refractivity contribution in [1.82, 2.24) is 0 Å². The maximum atomic E-state index is 11.1. The fourth-order valence-corrected chi connectivity index (χ4v) is 1.76. The molecule has 5 nitrogen and oxygen atoms in total. The van der Waals surface area contributed by atoms with Crippen molar-refractivity contribution in [3.63, 3.8) is 0 Å². The molecule has 1 aliphatic heterocycles. The Labute approximate surface area is 92.8 Å². The van der Waals surface area contributed by atoms with Crippen LogP contribution in [0.2, 0.25) is 0 Å². The molecule has 1 unspecified atom stereocenters. The van der Waals surface area contributed by atoms with Crippen LogP contribution >= 0.6 is 0 Å². The number of aryl methyl sites for hydroxylation is 1. The van der Waals surface area contributed by atoms with E-state index >= 15 is 0 Å². The molecule has 16 heavy (non-hydrogen) atoms. The molecular formula is C11H13N3O2. The number of primary amides is 1. The van der Waals surface area contributed by atoms with Gasteiger partial charge in [0, 0.05) is 12.1 Å². The van der Waals surface area contributed by atoms with E-state index in [1.807, 2.05) is 6.07 Å². The first-order valence-corrected chi connectivity index (χ1v) is 5.05. The SMILES string of the molecule is NC(=O)C(N)c1ccc2c(c1)CCC(=O)N2. The lowest BCUT2D eigenvalue weighted by Gasteiger charge is -2.18. The van der Waals surface area contributed by atoms with Crippen LogP contribution in [0.1, 0.15) is 23.6 Å². The lowest BCUT2D eigenvalue weighted by Crippen LogP contribution is -2.28. The first kappa shape index (κ1) is 10.6. The molecule has 0 fully saturated rings. The Kier molecular flexibility index (Phi) is 2.62. The third-order valence-corrected chi connectivity index (χ3v) is 2.69. The third kappa shape index (κ3) is 1.90. The Balaban J connectivity index is 2.33. The summed E-state index contributed by atoms with van der Waals surface area (Å²) in [5.41, 5.74) is 13.2. The normalized spacial score (nSPS) is 16.2. The molecule has 2 amide bonds. The van der Waals surface area contributed by atoms with Crippen molar-refractivity contribution in [2.75, 3.05) is 5.32 Å². The molecule has 1 aromatic carbocycles. The van der Waals surface area contributed by atoms with E-state index in [2.05, 4.69) is 5.32 Å². The minimum absolute atomic E-state index is 0.0134. The van der Waals surface area contributed by atoms with Gasteiger partial charge >= 0.3 is 0 Å². The summed E-state index contributed by atoms with van der Waals surface area (Å²) in [5, 5.41) is 2.76. The number of hydrogen-bond acceptors (Lipinski definition) is 3. The number of hydrogen-bond donors (Lipinski definition) is 3. The van der Waals surface area contributed by atoms with Crippen LogP contribution in [0.3, 0.4) is 0 Å². The van der Waals surface area contributed by atoms with Gasteiger partial charge in [0.25, 0.3) is 0 Å². The summed E-state index contributed by atoms with van der Waals surface area (Å²) in [4.78, 5) is 22.1. The van der Waals surface area contributed by atoms with E-state index in [1.165, 1.54) is 0 Å². The number of carbonyl (C=O) groups excluding carboxylic acids is 2. The largest absolute Gasteiger partial charge is 0.368 e. The lowest BCUT2D eigenvalue weighted by molar-refractivity contribution is -0.119. The van der Waals surface area contributed by atoms with Crippen molar-refractivity contribution in [3.8, 4) is 0 Å². The Morgan fingerprint density at radius 2 is 2.12 bits per heavy atom. The zero-order valence-corrected chi connectivity index (χ0v) is 8.69. The van der Waals surface area contributed by atoms with Crippen LogP contribution in [0.4, 0.5) is 5.69 Å². The predicted molar refractivity (Wildman–Crippen MR) is 59.5 cm³/mol. The fourth-order valence-electron chi connectivity index (χ4n) is 1.76. The minimum atomic E-state index is -0.789. The molecule has 2 rings (SSSR count). The topological polar surface area (TPSA) is 98.2 Å². The summed E-state index contributed by atoms with van der Waals surface area (Å²) >= 11 is 0. The van der Waals surface area contributed by atoms with E-state index in [-0.39, 0.29) is 5.91 Å². The second-order valence-electron chi connectivity index (χ2n) is 3.84. The van der Waals surface area contributed by atoms with E-state index in [0.29, 0.717) is 18.4 Å². The maximum Gasteiger partial charge on any atom is 0.238 e. The lowest BCUT2D eigenvalue weighted by atomic mass is 9.97. The molecule has 0 bridgehead atoms. The van der Waals surface area contributed by atoms with Gasteiger partial charge < -0.3 is 16.8 Å². The molecule has 1 aromatic rings. The van der Waals surface area contributed by atoms with Gasteiger partial charge in [0.1, 0.15) is 6.04 Å². The van der Waals surface area contributed by atoms with Gasteiger partial charge in [-0.05, 0) is 23.6 Å². The number of carbonyl (C=O) groups is 2. The van der Waals surface area contributed by atoms with Crippen molar-refractivity contribution in [3.05, 3.63) is 29.3 Å². The Morgan fingerprint density at radius 3 is 2.81 bits per heavy atom. The predicted octanol–water partition coefficient (Wildman–Crippen LogP) is 0.0564. The van der Waals surface area contributed by atoms with Crippen LogP contribution in [0.25, 0.3) is 0 Å². The summed E-state index contributed by atoms with van der Waals surface area (Å²) in [7, 11) is 0. The van der Waals surface area contributed by atoms with Crippen molar-refractivity contribution in [1.29, 1.82) is 0 Å². The van der Waals surface area contributed by atoms with E-state index in [0.717, 1.165) is 11.3 Å². The number of fused-ring (bicyclic) bond motifs is 1. The summed E-state index contributed by atoms with van der Waals surface area (Å²) < 4.78 is 0. The fraction of sp³-hybridized carbons (Fsp3) is 0.273. The van der Waals surface area contributed by atoms with Gasteiger partial charge in [-0.2, -0.15) is 0 Å². The highest BCUT2D eigenvalue weighted by molar-refractivity contribution is 5.94. The van der Waals surface area contributed by atoms with E-state index < -0.39 is 11.9 Å². The third-order valence-electron chi connectivity index (χ3n) is 2.69. The van der Waals surface area contributed by atoms with Crippen LogP contribution in [0.5, 0.6) is 0 Å². The van der Waals surface area contributed by atoms with Crippen molar-refractivity contribution < 1.29 is 9.59 Å². The van der Waals surface area contributed by atoms with Crippen LogP contribution in [0.15, 0.2) is 18.2 Å². The van der Waals surface area contributed by atoms with Gasteiger partial charge in [0.15, 0.2) is 0 Å². The highest BCUT2D eigenvalue weighted by Crippen LogP contribution is 2.25. The zero-order chi connectivity index (χ0) is 11.7. The highest BCUT2D eigenvalue weighted by Gasteiger charge is 2.18. The maximum absolute atomic E-state index is 11.1. The van der Waals surface area contributed by atoms with Crippen LogP contribution < -0.4 is 16.8 Å². The molecule has 5 N–H and O–H groups in total. The van der Waals surface area contributed by atoms with Crippen LogP contribution in [-0.4, -0.2) is 11.8 Å². The van der Waals surface area contributed by atoms with Crippen LogP contribution in [-0.2, 0) is 16.0 Å². The molecule has 0 saturated heterocycles. The number of amides is 2. The highest BCUT2D eigenvalue weighted by atomic mass is 16.2. The van der Waals surface area contributed by atoms with Gasteiger partial charge in [0.2, 0.25) is 11.8 Å². The van der Waals surface area contributed by atoms with Gasteiger partial charge in [0.05, 0.1) is 0 Å². The molecule has 1 heterocycles. The number of nitrogens with two attached hydrogens (primary N) is 2. The molecule has 0 saturated carbocycles. The minimum Gasteiger partial charge on any atom is -0.368 e.